The first kappa shape index (κ1) is 26.4. The first-order valence-electron chi connectivity index (χ1n) is 13.0. The molecule has 8 heteroatoms. The summed E-state index contributed by atoms with van der Waals surface area (Å²) in [5.41, 5.74) is 2.12. The Bertz CT molecular complexity index is 1120. The molecule has 3 amide bonds. The van der Waals surface area contributed by atoms with Crippen LogP contribution in [0.3, 0.4) is 0 Å². The summed E-state index contributed by atoms with van der Waals surface area (Å²) in [6.07, 6.45) is 2.33. The lowest BCUT2D eigenvalue weighted by Crippen LogP contribution is -2.50. The van der Waals surface area contributed by atoms with E-state index in [1.54, 1.807) is 31.2 Å². The maximum absolute atomic E-state index is 13.5. The number of nitrogens with one attached hydrogen (secondary N) is 1. The van der Waals surface area contributed by atoms with Crippen molar-refractivity contribution in [1.29, 1.82) is 0 Å². The van der Waals surface area contributed by atoms with Crippen LogP contribution in [0.2, 0.25) is 0 Å². The Morgan fingerprint density at radius 1 is 0.892 bits per heavy atom. The standard InChI is InChI=1S/C29H35N3O5/c1-3-37-28(36)30-25(19-22-7-5-4-6-8-22)27(35)32-18-15-29(20-32)13-16-31(17-14-29)26(34)24-11-9-23(10-12-24)21(2)33/h4-12,25H,3,13-20H2,1-2H3,(H,30,36)/t25-/m0/s1. The smallest absolute Gasteiger partial charge is 0.407 e. The minimum atomic E-state index is -0.698. The number of alkyl carbamates (subject to hydrolysis) is 1. The number of Topliss-reactive ketones (excluding diaryl/α,β-unsaturated/α-hetero) is 1. The first-order chi connectivity index (χ1) is 17.8. The number of hydrogen-bond acceptors (Lipinski definition) is 5. The molecule has 2 aromatic carbocycles. The van der Waals surface area contributed by atoms with E-state index >= 15 is 0 Å². The lowest BCUT2D eigenvalue weighted by atomic mass is 9.77. The molecule has 2 aromatic rings. The van der Waals surface area contributed by atoms with E-state index in [4.69, 9.17) is 4.74 Å². The Morgan fingerprint density at radius 3 is 2.08 bits per heavy atom. The quantitative estimate of drug-likeness (QED) is 0.579. The average Bonchev–Trinajstić information content (AvgIpc) is 3.32. The van der Waals surface area contributed by atoms with E-state index in [9.17, 15) is 19.2 Å². The van der Waals surface area contributed by atoms with E-state index in [0.29, 0.717) is 43.7 Å². The number of nitrogens with zero attached hydrogens (tertiary/aromatic N) is 2. The maximum atomic E-state index is 13.5. The van der Waals surface area contributed by atoms with Gasteiger partial charge in [0.2, 0.25) is 5.91 Å². The minimum absolute atomic E-state index is 0.0217. The molecule has 2 aliphatic heterocycles. The number of benzene rings is 2. The van der Waals surface area contributed by atoms with E-state index < -0.39 is 12.1 Å². The van der Waals surface area contributed by atoms with Crippen LogP contribution < -0.4 is 5.32 Å². The van der Waals surface area contributed by atoms with Crippen molar-refractivity contribution in [3.05, 3.63) is 71.3 Å². The third-order valence-electron chi connectivity index (χ3n) is 7.55. The number of ketones is 1. The SMILES string of the molecule is CCOC(=O)N[C@@H](Cc1ccccc1)C(=O)N1CCC2(CCN(C(=O)c3ccc(C(C)=O)cc3)CC2)C1. The van der Waals surface area contributed by atoms with Gasteiger partial charge in [0, 0.05) is 43.7 Å². The predicted octanol–water partition coefficient (Wildman–Crippen LogP) is 3.70. The molecule has 8 nitrogen and oxygen atoms in total. The Labute approximate surface area is 218 Å². The molecule has 1 atom stereocenters. The molecule has 0 unspecified atom stereocenters. The number of amides is 3. The topological polar surface area (TPSA) is 96.0 Å². The predicted molar refractivity (Wildman–Crippen MR) is 139 cm³/mol. The zero-order valence-electron chi connectivity index (χ0n) is 21.6. The fraction of sp³-hybridized carbons (Fsp3) is 0.448. The van der Waals surface area contributed by atoms with E-state index in [1.807, 2.05) is 40.1 Å². The molecule has 4 rings (SSSR count). The summed E-state index contributed by atoms with van der Waals surface area (Å²) in [5.74, 6) is -0.155. The first-order valence-corrected chi connectivity index (χ1v) is 13.0. The van der Waals surface area contributed by atoms with Gasteiger partial charge in [-0.25, -0.2) is 4.79 Å². The number of carbonyl (C=O) groups excluding carboxylic acids is 4. The van der Waals surface area contributed by atoms with Gasteiger partial charge in [0.25, 0.3) is 5.91 Å². The second-order valence-electron chi connectivity index (χ2n) is 10.0. The molecule has 0 saturated carbocycles. The minimum Gasteiger partial charge on any atom is -0.450 e. The molecule has 2 heterocycles. The second kappa shape index (κ2) is 11.6. The lowest BCUT2D eigenvalue weighted by molar-refractivity contribution is -0.132. The highest BCUT2D eigenvalue weighted by molar-refractivity contribution is 5.97. The molecule has 2 fully saturated rings. The monoisotopic (exact) mass is 505 g/mol. The molecule has 0 radical (unpaired) electrons. The van der Waals surface area contributed by atoms with Gasteiger partial charge in [0.1, 0.15) is 6.04 Å². The summed E-state index contributed by atoms with van der Waals surface area (Å²) in [7, 11) is 0. The second-order valence-corrected chi connectivity index (χ2v) is 10.0. The van der Waals surface area contributed by atoms with E-state index in [1.165, 1.54) is 6.92 Å². The van der Waals surface area contributed by atoms with Gasteiger partial charge >= 0.3 is 6.09 Å². The largest absolute Gasteiger partial charge is 0.450 e. The molecular formula is C29H35N3O5. The zero-order valence-corrected chi connectivity index (χ0v) is 21.6. The van der Waals surface area contributed by atoms with Crippen molar-refractivity contribution >= 4 is 23.7 Å². The van der Waals surface area contributed by atoms with Gasteiger partial charge in [0.05, 0.1) is 6.61 Å². The Balaban J connectivity index is 1.37. The molecule has 0 aromatic heterocycles. The number of ether oxygens (including phenoxy) is 1. The maximum Gasteiger partial charge on any atom is 0.407 e. The molecule has 37 heavy (non-hydrogen) atoms. The van der Waals surface area contributed by atoms with Crippen molar-refractivity contribution in [3.63, 3.8) is 0 Å². The highest BCUT2D eigenvalue weighted by Crippen LogP contribution is 2.41. The molecule has 1 N–H and O–H groups in total. The van der Waals surface area contributed by atoms with Crippen LogP contribution in [0.4, 0.5) is 4.79 Å². The van der Waals surface area contributed by atoms with Gasteiger partial charge in [-0.3, -0.25) is 14.4 Å². The highest BCUT2D eigenvalue weighted by atomic mass is 16.5. The van der Waals surface area contributed by atoms with E-state index in [-0.39, 0.29) is 29.6 Å². The normalized spacial score (nSPS) is 17.4. The molecular weight excluding hydrogens is 470 g/mol. The Morgan fingerprint density at radius 2 is 1.49 bits per heavy atom. The van der Waals surface area contributed by atoms with Gasteiger partial charge in [0.15, 0.2) is 5.78 Å². The summed E-state index contributed by atoms with van der Waals surface area (Å²) in [4.78, 5) is 53.9. The van der Waals surface area contributed by atoms with Crippen molar-refractivity contribution in [2.45, 2.75) is 45.6 Å². The van der Waals surface area contributed by atoms with Crippen molar-refractivity contribution < 1.29 is 23.9 Å². The third-order valence-corrected chi connectivity index (χ3v) is 7.55. The fourth-order valence-electron chi connectivity index (χ4n) is 5.33. The van der Waals surface area contributed by atoms with Gasteiger partial charge in [-0.1, -0.05) is 42.5 Å². The molecule has 0 aliphatic carbocycles. The molecule has 2 saturated heterocycles. The molecule has 1 spiro atoms. The van der Waals surface area contributed by atoms with Crippen molar-refractivity contribution in [2.24, 2.45) is 5.41 Å². The van der Waals surface area contributed by atoms with Crippen LogP contribution in [-0.2, 0) is 16.0 Å². The number of carbonyl (C=O) groups is 4. The van der Waals surface area contributed by atoms with Gasteiger partial charge in [-0.2, -0.15) is 0 Å². The Kier molecular flexibility index (Phi) is 8.26. The van der Waals surface area contributed by atoms with Crippen molar-refractivity contribution in [2.75, 3.05) is 32.8 Å². The van der Waals surface area contributed by atoms with Gasteiger partial charge < -0.3 is 19.9 Å². The Hall–Kier alpha value is -3.68. The lowest BCUT2D eigenvalue weighted by Gasteiger charge is -2.39. The number of rotatable bonds is 7. The van der Waals surface area contributed by atoms with Crippen LogP contribution in [-0.4, -0.2) is 72.3 Å². The summed E-state index contributed by atoms with van der Waals surface area (Å²) < 4.78 is 5.05. The van der Waals surface area contributed by atoms with E-state index in [0.717, 1.165) is 24.8 Å². The molecule has 0 bridgehead atoms. The average molecular weight is 506 g/mol. The van der Waals surface area contributed by atoms with Gasteiger partial charge in [-0.15, -0.1) is 0 Å². The van der Waals surface area contributed by atoms with Gasteiger partial charge in [-0.05, 0) is 56.2 Å². The zero-order chi connectivity index (χ0) is 26.4. The van der Waals surface area contributed by atoms with Crippen LogP contribution >= 0.6 is 0 Å². The van der Waals surface area contributed by atoms with Crippen LogP contribution in [0, 0.1) is 5.41 Å². The van der Waals surface area contributed by atoms with E-state index in [2.05, 4.69) is 5.32 Å². The number of piperidine rings is 1. The van der Waals surface area contributed by atoms with Crippen molar-refractivity contribution in [1.82, 2.24) is 15.1 Å². The number of likely N-dealkylation sites (tertiary alicyclic amines) is 2. The summed E-state index contributed by atoms with van der Waals surface area (Å²) in [5, 5.41) is 2.76. The van der Waals surface area contributed by atoms with Crippen LogP contribution in [0.5, 0.6) is 0 Å². The van der Waals surface area contributed by atoms with Crippen LogP contribution in [0.15, 0.2) is 54.6 Å². The highest BCUT2D eigenvalue weighted by Gasteiger charge is 2.44. The number of hydrogen-bond donors (Lipinski definition) is 1. The summed E-state index contributed by atoms with van der Waals surface area (Å²) in [6.45, 7) is 5.99. The van der Waals surface area contributed by atoms with Crippen LogP contribution in [0.25, 0.3) is 0 Å². The summed E-state index contributed by atoms with van der Waals surface area (Å²) >= 11 is 0. The molecule has 196 valence electrons. The summed E-state index contributed by atoms with van der Waals surface area (Å²) in [6, 6.07) is 15.7. The third kappa shape index (κ3) is 6.37. The molecule has 2 aliphatic rings. The fourth-order valence-corrected chi connectivity index (χ4v) is 5.33. The van der Waals surface area contributed by atoms with Crippen LogP contribution in [0.1, 0.15) is 59.4 Å². The van der Waals surface area contributed by atoms with Crippen molar-refractivity contribution in [3.8, 4) is 0 Å².